The molecule has 3 unspecified atom stereocenters. The first kappa shape index (κ1) is 26.7. The highest BCUT2D eigenvalue weighted by molar-refractivity contribution is 5.78. The second-order valence-electron chi connectivity index (χ2n) is 12.5. The van der Waals surface area contributed by atoms with E-state index in [1.807, 2.05) is 0 Å². The molecule has 0 spiro atoms. The van der Waals surface area contributed by atoms with E-state index in [9.17, 15) is 0 Å². The van der Waals surface area contributed by atoms with Gasteiger partial charge in [-0.1, -0.05) is 146 Å². The largest absolute Gasteiger partial charge is 0.311 e. The maximum absolute atomic E-state index is 2.38. The predicted octanol–water partition coefficient (Wildman–Crippen LogP) is 11.6. The summed E-state index contributed by atoms with van der Waals surface area (Å²) in [5.74, 6) is 0.880. The highest BCUT2D eigenvalue weighted by atomic mass is 15.1. The molecule has 3 aliphatic rings. The average molecular weight is 588 g/mol. The van der Waals surface area contributed by atoms with Crippen LogP contribution in [0.15, 0.2) is 164 Å². The van der Waals surface area contributed by atoms with Gasteiger partial charge in [-0.25, -0.2) is 0 Å². The van der Waals surface area contributed by atoms with Gasteiger partial charge in [0, 0.05) is 34.8 Å². The van der Waals surface area contributed by atoms with Crippen LogP contribution in [0.1, 0.15) is 67.8 Å². The molecule has 1 heteroatoms. The summed E-state index contributed by atoms with van der Waals surface area (Å²) < 4.78 is 0. The lowest BCUT2D eigenvalue weighted by atomic mass is 9.92. The van der Waals surface area contributed by atoms with Crippen LogP contribution >= 0.6 is 0 Å². The van der Waals surface area contributed by atoms with Crippen LogP contribution in [0.3, 0.4) is 0 Å². The summed E-state index contributed by atoms with van der Waals surface area (Å²) >= 11 is 0. The minimum atomic E-state index is 0.293. The van der Waals surface area contributed by atoms with E-state index in [2.05, 4.69) is 187 Å². The molecular weight excluding hydrogens is 555 g/mol. The van der Waals surface area contributed by atoms with Gasteiger partial charge in [0.25, 0.3) is 0 Å². The van der Waals surface area contributed by atoms with Crippen LogP contribution in [-0.2, 0) is 0 Å². The third-order valence-corrected chi connectivity index (χ3v) is 9.93. The molecule has 0 radical (unpaired) electrons. The van der Waals surface area contributed by atoms with E-state index in [4.69, 9.17) is 0 Å². The van der Waals surface area contributed by atoms with E-state index in [0.29, 0.717) is 17.8 Å². The molecule has 218 valence electrons. The van der Waals surface area contributed by atoms with E-state index in [-0.39, 0.29) is 0 Å². The summed E-state index contributed by atoms with van der Waals surface area (Å²) in [6, 6.07) is 53.6. The monoisotopic (exact) mass is 587 g/mol. The van der Waals surface area contributed by atoms with Crippen LogP contribution in [0, 0.1) is 0 Å². The third kappa shape index (κ3) is 4.55. The van der Waals surface area contributed by atoms with Crippen LogP contribution in [0.2, 0.25) is 0 Å². The van der Waals surface area contributed by atoms with Crippen LogP contribution in [-0.4, -0.2) is 0 Å². The van der Waals surface area contributed by atoms with E-state index in [1.54, 1.807) is 0 Å². The lowest BCUT2D eigenvalue weighted by Crippen LogP contribution is -2.11. The lowest BCUT2D eigenvalue weighted by molar-refractivity contribution is 1.04. The van der Waals surface area contributed by atoms with Crippen molar-refractivity contribution < 1.29 is 0 Å². The molecule has 6 aromatic rings. The summed E-state index contributed by atoms with van der Waals surface area (Å²) in [5.41, 5.74) is 15.5. The Hall–Kier alpha value is -5.66. The molecule has 0 N–H and O–H groups in total. The molecule has 0 aliphatic heterocycles. The Morgan fingerprint density at radius 1 is 0.304 bits per heavy atom. The van der Waals surface area contributed by atoms with Crippen LogP contribution < -0.4 is 4.90 Å². The van der Waals surface area contributed by atoms with Gasteiger partial charge in [-0.2, -0.15) is 0 Å². The van der Waals surface area contributed by atoms with Crippen LogP contribution in [0.25, 0.3) is 18.2 Å². The van der Waals surface area contributed by atoms with Crippen LogP contribution in [0.4, 0.5) is 17.1 Å². The number of fused-ring (bicyclic) bond motifs is 3. The molecular formula is C45H33N. The molecule has 0 aromatic heterocycles. The number of rotatable bonds is 6. The maximum atomic E-state index is 2.38. The number of allylic oxidation sites excluding steroid dienone is 3. The Morgan fingerprint density at radius 2 is 0.587 bits per heavy atom. The van der Waals surface area contributed by atoms with E-state index < -0.39 is 0 Å². The fraction of sp³-hybridized carbons (Fsp3) is 0.0667. The van der Waals surface area contributed by atoms with E-state index in [0.717, 1.165) is 17.1 Å². The summed E-state index contributed by atoms with van der Waals surface area (Å²) in [4.78, 5) is 2.38. The first-order chi connectivity index (χ1) is 22.8. The number of benzene rings is 6. The fourth-order valence-corrected chi connectivity index (χ4v) is 7.56. The molecule has 0 bridgehead atoms. The molecule has 0 heterocycles. The predicted molar refractivity (Wildman–Crippen MR) is 193 cm³/mol. The topological polar surface area (TPSA) is 3.24 Å². The summed E-state index contributed by atoms with van der Waals surface area (Å²) in [6.07, 6.45) is 13.7. The molecule has 0 saturated heterocycles. The molecule has 0 amide bonds. The molecule has 0 saturated carbocycles. The fourth-order valence-electron chi connectivity index (χ4n) is 7.56. The number of nitrogens with zero attached hydrogens (tertiary/aromatic N) is 1. The average Bonchev–Trinajstić information content (AvgIpc) is 3.87. The van der Waals surface area contributed by atoms with Crippen molar-refractivity contribution in [1.29, 1.82) is 0 Å². The smallest absolute Gasteiger partial charge is 0.0461 e. The van der Waals surface area contributed by atoms with Gasteiger partial charge >= 0.3 is 0 Å². The Labute approximate surface area is 271 Å². The minimum Gasteiger partial charge on any atom is -0.311 e. The summed E-state index contributed by atoms with van der Waals surface area (Å²) in [6.45, 7) is 0. The molecule has 3 aliphatic carbocycles. The van der Waals surface area contributed by atoms with Crippen molar-refractivity contribution in [3.63, 3.8) is 0 Å². The molecule has 6 aromatic carbocycles. The standard InChI is InChI=1S/C45H33N/c1-4-10-40-31(7-1)19-28-43(40)34-13-22-37(23-14-34)46(38-24-15-35(16-25-38)44-29-20-32-8-2-5-11-41(32)44)39-26-17-36(18-27-39)45-30-21-33-9-3-6-12-42(33)45/h1-30,43-45H. The van der Waals surface area contributed by atoms with Gasteiger partial charge in [-0.05, 0) is 86.5 Å². The minimum absolute atomic E-state index is 0.293. The van der Waals surface area contributed by atoms with Gasteiger partial charge in [0.1, 0.15) is 0 Å². The van der Waals surface area contributed by atoms with Crippen molar-refractivity contribution in [1.82, 2.24) is 0 Å². The van der Waals surface area contributed by atoms with Crippen LogP contribution in [0.5, 0.6) is 0 Å². The van der Waals surface area contributed by atoms with Gasteiger partial charge in [-0.15, -0.1) is 0 Å². The van der Waals surface area contributed by atoms with Gasteiger partial charge in [0.05, 0.1) is 0 Å². The van der Waals surface area contributed by atoms with Gasteiger partial charge in [0.15, 0.2) is 0 Å². The first-order valence-electron chi connectivity index (χ1n) is 16.2. The highest BCUT2D eigenvalue weighted by Gasteiger charge is 2.23. The Kier molecular flexibility index (Phi) is 6.42. The SMILES string of the molecule is C1=CC(c2ccc(N(c3ccc(C4C=Cc5ccccc54)cc3)c3ccc(C4C=Cc5ccccc54)cc3)cc2)c2ccccc21. The zero-order valence-corrected chi connectivity index (χ0v) is 25.5. The highest BCUT2D eigenvalue weighted by Crippen LogP contribution is 2.42. The second-order valence-corrected chi connectivity index (χ2v) is 12.5. The van der Waals surface area contributed by atoms with E-state index in [1.165, 1.54) is 50.1 Å². The molecule has 9 rings (SSSR count). The van der Waals surface area contributed by atoms with E-state index >= 15 is 0 Å². The maximum Gasteiger partial charge on any atom is 0.0461 e. The Bertz CT molecular complexity index is 1900. The molecule has 46 heavy (non-hydrogen) atoms. The Balaban J connectivity index is 1.07. The number of anilines is 3. The normalized spacial score (nSPS) is 18.4. The van der Waals surface area contributed by atoms with Crippen molar-refractivity contribution in [2.24, 2.45) is 0 Å². The van der Waals surface area contributed by atoms with Gasteiger partial charge in [0.2, 0.25) is 0 Å². The summed E-state index contributed by atoms with van der Waals surface area (Å²) in [7, 11) is 0. The Morgan fingerprint density at radius 3 is 0.891 bits per heavy atom. The quantitative estimate of drug-likeness (QED) is 0.187. The zero-order chi connectivity index (χ0) is 30.5. The lowest BCUT2D eigenvalue weighted by Gasteiger charge is -2.27. The van der Waals surface area contributed by atoms with Crippen molar-refractivity contribution >= 4 is 35.3 Å². The zero-order valence-electron chi connectivity index (χ0n) is 25.5. The van der Waals surface area contributed by atoms with Crippen molar-refractivity contribution in [3.05, 3.63) is 214 Å². The second kappa shape index (κ2) is 11.1. The van der Waals surface area contributed by atoms with Gasteiger partial charge in [-0.3, -0.25) is 0 Å². The molecule has 3 atom stereocenters. The van der Waals surface area contributed by atoms with Crippen molar-refractivity contribution in [2.75, 3.05) is 4.90 Å². The molecule has 1 nitrogen and oxygen atoms in total. The molecule has 0 fully saturated rings. The number of hydrogen-bond acceptors (Lipinski definition) is 1. The van der Waals surface area contributed by atoms with Gasteiger partial charge < -0.3 is 4.90 Å². The third-order valence-electron chi connectivity index (χ3n) is 9.93. The van der Waals surface area contributed by atoms with Crippen molar-refractivity contribution in [2.45, 2.75) is 17.8 Å². The first-order valence-corrected chi connectivity index (χ1v) is 16.2. The van der Waals surface area contributed by atoms with Crippen molar-refractivity contribution in [3.8, 4) is 0 Å². The number of hydrogen-bond donors (Lipinski definition) is 0. The summed E-state index contributed by atoms with van der Waals surface area (Å²) in [5, 5.41) is 0.